The number of nitrogens with one attached hydrogen (secondary N) is 1. The summed E-state index contributed by atoms with van der Waals surface area (Å²) >= 11 is 6.14. The highest BCUT2D eigenvalue weighted by molar-refractivity contribution is 6.33. The molecule has 1 aromatic rings. The number of rotatable bonds is 5. The van der Waals surface area contributed by atoms with Crippen molar-refractivity contribution < 1.29 is 4.79 Å². The average Bonchev–Trinajstić information content (AvgIpc) is 2.78. The van der Waals surface area contributed by atoms with Crippen LogP contribution in [0.3, 0.4) is 0 Å². The van der Waals surface area contributed by atoms with Gasteiger partial charge in [-0.3, -0.25) is 9.48 Å². The molecule has 5 nitrogen and oxygen atoms in total. The van der Waals surface area contributed by atoms with E-state index < -0.39 is 0 Å². The molecule has 2 rings (SSSR count). The molecule has 0 spiro atoms. The van der Waals surface area contributed by atoms with Crippen LogP contribution in [0.15, 0.2) is 6.20 Å². The number of hydrogen-bond acceptors (Lipinski definition) is 4. The molecule has 19 heavy (non-hydrogen) atoms. The van der Waals surface area contributed by atoms with Gasteiger partial charge in [-0.1, -0.05) is 11.6 Å². The van der Waals surface area contributed by atoms with Gasteiger partial charge >= 0.3 is 0 Å². The Labute approximate surface area is 118 Å². The third-order valence-electron chi connectivity index (χ3n) is 3.50. The van der Waals surface area contributed by atoms with E-state index in [-0.39, 0.29) is 11.7 Å². The molecule has 0 atom stereocenters. The number of carbonyl (C=O) groups is 1. The molecule has 1 aliphatic rings. The molecule has 0 saturated carbocycles. The minimum atomic E-state index is 0.0774. The second-order valence-electron chi connectivity index (χ2n) is 5.26. The van der Waals surface area contributed by atoms with E-state index in [1.807, 2.05) is 14.1 Å². The topological polar surface area (TPSA) is 50.2 Å². The SMILES string of the molecule is CN(C)CCn1ncc(Cl)c1C(=O)C1CCNCC1. The monoisotopic (exact) mass is 284 g/mol. The summed E-state index contributed by atoms with van der Waals surface area (Å²) in [4.78, 5) is 14.6. The summed E-state index contributed by atoms with van der Waals surface area (Å²) in [6, 6.07) is 0. The lowest BCUT2D eigenvalue weighted by Gasteiger charge is -2.22. The van der Waals surface area contributed by atoms with Crippen LogP contribution in [0.2, 0.25) is 5.02 Å². The van der Waals surface area contributed by atoms with Gasteiger partial charge in [0.25, 0.3) is 0 Å². The third kappa shape index (κ3) is 3.55. The summed E-state index contributed by atoms with van der Waals surface area (Å²) in [6.45, 7) is 3.33. The van der Waals surface area contributed by atoms with Crippen LogP contribution in [-0.2, 0) is 6.54 Å². The van der Waals surface area contributed by atoms with E-state index >= 15 is 0 Å². The van der Waals surface area contributed by atoms with Crippen molar-refractivity contribution in [1.29, 1.82) is 0 Å². The van der Waals surface area contributed by atoms with Crippen LogP contribution in [0.5, 0.6) is 0 Å². The number of halogens is 1. The Hall–Kier alpha value is -0.910. The smallest absolute Gasteiger partial charge is 0.185 e. The molecule has 1 saturated heterocycles. The molecule has 2 heterocycles. The number of carbonyl (C=O) groups excluding carboxylic acids is 1. The van der Waals surface area contributed by atoms with Gasteiger partial charge < -0.3 is 10.2 Å². The molecule has 6 heteroatoms. The number of ketones is 1. The first kappa shape index (κ1) is 14.5. The van der Waals surface area contributed by atoms with Gasteiger partial charge in [0.1, 0.15) is 5.69 Å². The minimum absolute atomic E-state index is 0.0774. The maximum atomic E-state index is 12.6. The highest BCUT2D eigenvalue weighted by atomic mass is 35.5. The van der Waals surface area contributed by atoms with Crippen molar-refractivity contribution in [2.75, 3.05) is 33.7 Å². The molecule has 0 bridgehead atoms. The second-order valence-corrected chi connectivity index (χ2v) is 5.66. The van der Waals surface area contributed by atoms with Crippen molar-refractivity contribution in [1.82, 2.24) is 20.0 Å². The van der Waals surface area contributed by atoms with E-state index in [1.165, 1.54) is 0 Å². The van der Waals surface area contributed by atoms with Crippen molar-refractivity contribution >= 4 is 17.4 Å². The zero-order chi connectivity index (χ0) is 13.8. The molecule has 1 fully saturated rings. The number of hydrogen-bond donors (Lipinski definition) is 1. The average molecular weight is 285 g/mol. The van der Waals surface area contributed by atoms with E-state index in [0.717, 1.165) is 32.5 Å². The summed E-state index contributed by atoms with van der Waals surface area (Å²) < 4.78 is 1.74. The first-order valence-corrected chi connectivity index (χ1v) is 7.08. The van der Waals surface area contributed by atoms with E-state index in [9.17, 15) is 4.79 Å². The normalized spacial score (nSPS) is 17.1. The summed E-state index contributed by atoms with van der Waals surface area (Å²) in [5, 5.41) is 7.97. The molecule has 0 aliphatic carbocycles. The molecule has 1 aromatic heterocycles. The summed E-state index contributed by atoms with van der Waals surface area (Å²) in [6.07, 6.45) is 3.34. The Morgan fingerprint density at radius 2 is 2.21 bits per heavy atom. The highest BCUT2D eigenvalue weighted by Gasteiger charge is 2.27. The summed E-state index contributed by atoms with van der Waals surface area (Å²) in [7, 11) is 4.00. The predicted molar refractivity (Wildman–Crippen MR) is 75.7 cm³/mol. The summed E-state index contributed by atoms with van der Waals surface area (Å²) in [5.74, 6) is 0.219. The number of nitrogens with zero attached hydrogens (tertiary/aromatic N) is 3. The largest absolute Gasteiger partial charge is 0.317 e. The van der Waals surface area contributed by atoms with Crippen molar-refractivity contribution in [3.05, 3.63) is 16.9 Å². The molecule has 0 radical (unpaired) electrons. The van der Waals surface area contributed by atoms with Crippen LogP contribution in [0, 0.1) is 5.92 Å². The van der Waals surface area contributed by atoms with Gasteiger partial charge in [0.15, 0.2) is 5.78 Å². The lowest BCUT2D eigenvalue weighted by Crippen LogP contribution is -2.33. The number of likely N-dealkylation sites (N-methyl/N-ethyl adjacent to an activating group) is 1. The van der Waals surface area contributed by atoms with Crippen molar-refractivity contribution in [2.24, 2.45) is 5.92 Å². The first-order valence-electron chi connectivity index (χ1n) is 6.70. The fourth-order valence-corrected chi connectivity index (χ4v) is 2.58. The van der Waals surface area contributed by atoms with Crippen LogP contribution in [0.25, 0.3) is 0 Å². The second kappa shape index (κ2) is 6.50. The van der Waals surface area contributed by atoms with Crippen LogP contribution in [0.4, 0.5) is 0 Å². The molecule has 0 unspecified atom stereocenters. The van der Waals surface area contributed by atoms with Gasteiger partial charge in [0.2, 0.25) is 0 Å². The quantitative estimate of drug-likeness (QED) is 0.828. The molecule has 0 aromatic carbocycles. The van der Waals surface area contributed by atoms with E-state index in [0.29, 0.717) is 17.3 Å². The number of piperidine rings is 1. The van der Waals surface area contributed by atoms with Crippen LogP contribution < -0.4 is 5.32 Å². The lowest BCUT2D eigenvalue weighted by molar-refractivity contribution is 0.0883. The minimum Gasteiger partial charge on any atom is -0.317 e. The third-order valence-corrected chi connectivity index (χ3v) is 3.77. The standard InChI is InChI=1S/C13H21ClN4O/c1-17(2)7-8-18-12(11(14)9-16-18)13(19)10-3-5-15-6-4-10/h9-10,15H,3-8H2,1-2H3. The van der Waals surface area contributed by atoms with Gasteiger partial charge in [-0.2, -0.15) is 5.10 Å². The zero-order valence-electron chi connectivity index (χ0n) is 11.5. The Morgan fingerprint density at radius 1 is 1.53 bits per heavy atom. The van der Waals surface area contributed by atoms with Crippen LogP contribution in [-0.4, -0.2) is 54.2 Å². The van der Waals surface area contributed by atoms with E-state index in [2.05, 4.69) is 15.3 Å². The Balaban J connectivity index is 2.13. The Kier molecular flexibility index (Phi) is 4.96. The lowest BCUT2D eigenvalue weighted by atomic mass is 9.92. The van der Waals surface area contributed by atoms with E-state index in [1.54, 1.807) is 10.9 Å². The number of aromatic nitrogens is 2. The number of Topliss-reactive ketones (excluding diaryl/α,β-unsaturated/α-hetero) is 1. The van der Waals surface area contributed by atoms with Crippen molar-refractivity contribution in [3.8, 4) is 0 Å². The predicted octanol–water partition coefficient (Wildman–Crippen LogP) is 1.28. The fourth-order valence-electron chi connectivity index (χ4n) is 2.35. The molecule has 106 valence electrons. The van der Waals surface area contributed by atoms with Gasteiger partial charge in [-0.05, 0) is 40.0 Å². The molecule has 0 amide bonds. The molecule has 1 N–H and O–H groups in total. The summed E-state index contributed by atoms with van der Waals surface area (Å²) in [5.41, 5.74) is 0.579. The van der Waals surface area contributed by atoms with Gasteiger partial charge in [0, 0.05) is 12.5 Å². The first-order chi connectivity index (χ1) is 9.09. The van der Waals surface area contributed by atoms with Gasteiger partial charge in [-0.15, -0.1) is 0 Å². The van der Waals surface area contributed by atoms with Crippen LogP contribution in [0.1, 0.15) is 23.3 Å². The molecule has 1 aliphatic heterocycles. The maximum Gasteiger partial charge on any atom is 0.185 e. The van der Waals surface area contributed by atoms with Gasteiger partial charge in [0.05, 0.1) is 17.8 Å². The highest BCUT2D eigenvalue weighted by Crippen LogP contribution is 2.23. The van der Waals surface area contributed by atoms with Crippen molar-refractivity contribution in [2.45, 2.75) is 19.4 Å². The zero-order valence-corrected chi connectivity index (χ0v) is 12.3. The Bertz CT molecular complexity index is 438. The van der Waals surface area contributed by atoms with E-state index in [4.69, 9.17) is 11.6 Å². The fraction of sp³-hybridized carbons (Fsp3) is 0.692. The molecular weight excluding hydrogens is 264 g/mol. The van der Waals surface area contributed by atoms with Crippen molar-refractivity contribution in [3.63, 3.8) is 0 Å². The van der Waals surface area contributed by atoms with Crippen LogP contribution >= 0.6 is 11.6 Å². The van der Waals surface area contributed by atoms with Gasteiger partial charge in [-0.25, -0.2) is 0 Å². The molecular formula is C13H21ClN4O. The Morgan fingerprint density at radius 3 is 2.84 bits per heavy atom. The maximum absolute atomic E-state index is 12.6.